The number of hydrogen-bond donors (Lipinski definition) is 2. The van der Waals surface area contributed by atoms with E-state index in [0.717, 1.165) is 5.69 Å². The fourth-order valence-electron chi connectivity index (χ4n) is 0.839. The number of nitrogens with two attached hydrogens (primary N) is 1. The van der Waals surface area contributed by atoms with Crippen molar-refractivity contribution in [2.45, 2.75) is 19.4 Å². The van der Waals surface area contributed by atoms with Gasteiger partial charge in [0.25, 0.3) is 0 Å². The molecule has 0 spiro atoms. The van der Waals surface area contributed by atoms with Crippen molar-refractivity contribution in [3.8, 4) is 0 Å². The van der Waals surface area contributed by atoms with Gasteiger partial charge in [-0.15, -0.1) is 11.3 Å². The minimum absolute atomic E-state index is 0.0862. The molecule has 3 N–H and O–H groups in total. The van der Waals surface area contributed by atoms with Gasteiger partial charge in [-0.2, -0.15) is 0 Å². The quantitative estimate of drug-likeness (QED) is 0.723. The molecule has 1 aromatic rings. The summed E-state index contributed by atoms with van der Waals surface area (Å²) in [5.41, 5.74) is 7.42. The van der Waals surface area contributed by atoms with Gasteiger partial charge >= 0.3 is 0 Å². The summed E-state index contributed by atoms with van der Waals surface area (Å²) >= 11 is 1.47. The van der Waals surface area contributed by atoms with E-state index in [0.29, 0.717) is 6.54 Å². The fourth-order valence-corrected chi connectivity index (χ4v) is 1.40. The molecule has 1 aromatic heterocycles. The Bertz CT molecular complexity index is 310. The van der Waals surface area contributed by atoms with E-state index in [4.69, 9.17) is 5.73 Å². The molecule has 0 aromatic carbocycles. The maximum absolute atomic E-state index is 11.1. The van der Waals surface area contributed by atoms with E-state index >= 15 is 0 Å². The first-order chi connectivity index (χ1) is 6.68. The lowest BCUT2D eigenvalue weighted by molar-refractivity contribution is -0.125. The van der Waals surface area contributed by atoms with Gasteiger partial charge in [-0.3, -0.25) is 9.59 Å². The number of hydrogen-bond acceptors (Lipinski definition) is 4. The second-order valence-corrected chi connectivity index (χ2v) is 3.44. The molecule has 76 valence electrons. The van der Waals surface area contributed by atoms with Crippen LogP contribution in [-0.2, 0) is 16.1 Å². The molecule has 1 heterocycles. The minimum atomic E-state index is -0.464. The number of nitrogens with zero attached hydrogens (tertiary/aromatic N) is 1. The van der Waals surface area contributed by atoms with E-state index in [1.54, 1.807) is 5.51 Å². The number of rotatable bonds is 5. The smallest absolute Gasteiger partial charge is 0.220 e. The van der Waals surface area contributed by atoms with Gasteiger partial charge in [-0.05, 0) is 0 Å². The predicted octanol–water partition coefficient (Wildman–Crippen LogP) is 0.0248. The Morgan fingerprint density at radius 2 is 2.29 bits per heavy atom. The van der Waals surface area contributed by atoms with Crippen molar-refractivity contribution in [1.29, 1.82) is 0 Å². The molecule has 0 unspecified atom stereocenters. The Morgan fingerprint density at radius 1 is 1.50 bits per heavy atom. The first-order valence-electron chi connectivity index (χ1n) is 4.10. The third-order valence-corrected chi connectivity index (χ3v) is 2.18. The van der Waals surface area contributed by atoms with Gasteiger partial charge < -0.3 is 11.1 Å². The Labute approximate surface area is 85.3 Å². The van der Waals surface area contributed by atoms with E-state index < -0.39 is 5.91 Å². The highest BCUT2D eigenvalue weighted by atomic mass is 32.1. The van der Waals surface area contributed by atoms with Crippen LogP contribution in [0.15, 0.2) is 10.9 Å². The van der Waals surface area contributed by atoms with E-state index in [1.807, 2.05) is 5.38 Å². The molecule has 0 radical (unpaired) electrons. The summed E-state index contributed by atoms with van der Waals surface area (Å²) in [5.74, 6) is -0.648. The second-order valence-electron chi connectivity index (χ2n) is 2.72. The summed E-state index contributed by atoms with van der Waals surface area (Å²) in [7, 11) is 0. The van der Waals surface area contributed by atoms with Gasteiger partial charge in [0.1, 0.15) is 0 Å². The molecule has 6 heteroatoms. The molecule has 0 saturated carbocycles. The SMILES string of the molecule is NC(=O)CCC(=O)NCc1cscn1. The van der Waals surface area contributed by atoms with Gasteiger partial charge in [-0.25, -0.2) is 4.98 Å². The van der Waals surface area contributed by atoms with Crippen LogP contribution >= 0.6 is 11.3 Å². The van der Waals surface area contributed by atoms with Crippen molar-refractivity contribution >= 4 is 23.2 Å². The van der Waals surface area contributed by atoms with Crippen LogP contribution in [-0.4, -0.2) is 16.8 Å². The van der Waals surface area contributed by atoms with Gasteiger partial charge in [0.05, 0.1) is 17.7 Å². The third-order valence-electron chi connectivity index (χ3n) is 1.55. The minimum Gasteiger partial charge on any atom is -0.370 e. The summed E-state index contributed by atoms with van der Waals surface area (Å²) in [6.07, 6.45) is 0.225. The topological polar surface area (TPSA) is 85.1 Å². The highest BCUT2D eigenvalue weighted by molar-refractivity contribution is 7.07. The van der Waals surface area contributed by atoms with Crippen LogP contribution in [0.1, 0.15) is 18.5 Å². The number of carbonyl (C=O) groups excluding carboxylic acids is 2. The summed E-state index contributed by atoms with van der Waals surface area (Å²) in [6.45, 7) is 0.404. The molecule has 14 heavy (non-hydrogen) atoms. The number of aromatic nitrogens is 1. The maximum Gasteiger partial charge on any atom is 0.220 e. The highest BCUT2D eigenvalue weighted by Gasteiger charge is 2.03. The normalized spacial score (nSPS) is 9.71. The van der Waals surface area contributed by atoms with Crippen LogP contribution in [0.25, 0.3) is 0 Å². The Hall–Kier alpha value is -1.43. The molecule has 5 nitrogen and oxygen atoms in total. The summed E-state index contributed by atoms with van der Waals surface area (Å²) in [4.78, 5) is 25.5. The Kier molecular flexibility index (Phi) is 4.06. The van der Waals surface area contributed by atoms with Crippen LogP contribution in [0, 0.1) is 0 Å². The number of nitrogens with one attached hydrogen (secondary N) is 1. The Balaban J connectivity index is 2.18. The van der Waals surface area contributed by atoms with Crippen molar-refractivity contribution in [3.05, 3.63) is 16.6 Å². The molecule has 0 bridgehead atoms. The lowest BCUT2D eigenvalue weighted by atomic mass is 10.3. The molecule has 1 rings (SSSR count). The second kappa shape index (κ2) is 5.33. The van der Waals surface area contributed by atoms with E-state index in [1.165, 1.54) is 11.3 Å². The zero-order valence-corrected chi connectivity index (χ0v) is 8.34. The predicted molar refractivity (Wildman–Crippen MR) is 52.4 cm³/mol. The first-order valence-corrected chi connectivity index (χ1v) is 5.05. The number of primary amides is 1. The number of amides is 2. The van der Waals surface area contributed by atoms with Crippen LogP contribution in [0.5, 0.6) is 0 Å². The maximum atomic E-state index is 11.1. The van der Waals surface area contributed by atoms with Gasteiger partial charge in [0, 0.05) is 18.2 Å². The monoisotopic (exact) mass is 213 g/mol. The summed E-state index contributed by atoms with van der Waals surface area (Å²) < 4.78 is 0. The van der Waals surface area contributed by atoms with Crippen LogP contribution in [0.3, 0.4) is 0 Å². The molecule has 0 saturated heterocycles. The van der Waals surface area contributed by atoms with E-state index in [2.05, 4.69) is 10.3 Å². The molecular weight excluding hydrogens is 202 g/mol. The third kappa shape index (κ3) is 3.99. The zero-order chi connectivity index (χ0) is 10.4. The van der Waals surface area contributed by atoms with Gasteiger partial charge in [0.2, 0.25) is 11.8 Å². The summed E-state index contributed by atoms with van der Waals surface area (Å²) in [6, 6.07) is 0. The standard InChI is InChI=1S/C8H11N3O2S/c9-7(12)1-2-8(13)10-3-6-4-14-5-11-6/h4-5H,1-3H2,(H2,9,12)(H,10,13). The molecule has 0 aliphatic heterocycles. The van der Waals surface area contributed by atoms with E-state index in [-0.39, 0.29) is 18.7 Å². The Morgan fingerprint density at radius 3 is 2.86 bits per heavy atom. The number of thiazole rings is 1. The van der Waals surface area contributed by atoms with E-state index in [9.17, 15) is 9.59 Å². The number of carbonyl (C=O) groups is 2. The molecule has 2 amide bonds. The van der Waals surface area contributed by atoms with Crippen molar-refractivity contribution in [1.82, 2.24) is 10.3 Å². The molecule has 0 aliphatic carbocycles. The average Bonchev–Trinajstić information content (AvgIpc) is 2.63. The van der Waals surface area contributed by atoms with Crippen LogP contribution in [0.4, 0.5) is 0 Å². The van der Waals surface area contributed by atoms with Crippen LogP contribution in [0.2, 0.25) is 0 Å². The van der Waals surface area contributed by atoms with Crippen molar-refractivity contribution < 1.29 is 9.59 Å². The molecule has 0 aliphatic rings. The van der Waals surface area contributed by atoms with Crippen molar-refractivity contribution in [3.63, 3.8) is 0 Å². The lowest BCUT2D eigenvalue weighted by Crippen LogP contribution is -2.24. The van der Waals surface area contributed by atoms with Crippen molar-refractivity contribution in [2.24, 2.45) is 5.73 Å². The average molecular weight is 213 g/mol. The lowest BCUT2D eigenvalue weighted by Gasteiger charge is -2.01. The van der Waals surface area contributed by atoms with Crippen LogP contribution < -0.4 is 11.1 Å². The van der Waals surface area contributed by atoms with Gasteiger partial charge in [-0.1, -0.05) is 0 Å². The fraction of sp³-hybridized carbons (Fsp3) is 0.375. The van der Waals surface area contributed by atoms with Crippen molar-refractivity contribution in [2.75, 3.05) is 0 Å². The highest BCUT2D eigenvalue weighted by Crippen LogP contribution is 2.00. The molecule has 0 atom stereocenters. The van der Waals surface area contributed by atoms with Gasteiger partial charge in [0.15, 0.2) is 0 Å². The summed E-state index contributed by atoms with van der Waals surface area (Å²) in [5, 5.41) is 4.49. The molecule has 0 fully saturated rings. The zero-order valence-electron chi connectivity index (χ0n) is 7.53. The first kappa shape index (κ1) is 10.6. The largest absolute Gasteiger partial charge is 0.370 e. The molecular formula is C8H11N3O2S.